The fraction of sp³-hybridized carbons (Fsp3) is 0.294. The van der Waals surface area contributed by atoms with Crippen LogP contribution in [0.4, 0.5) is 5.69 Å². The Labute approximate surface area is 141 Å². The molecule has 126 valence electrons. The van der Waals surface area contributed by atoms with Gasteiger partial charge in [-0.1, -0.05) is 18.2 Å². The second-order valence-corrected chi connectivity index (χ2v) is 7.68. The van der Waals surface area contributed by atoms with Gasteiger partial charge in [-0.05, 0) is 24.3 Å². The SMILES string of the molecule is O=S(=O)(c1ccccc1)N1CCN(c2ccc3c(c2)OCO3)CC1. The van der Waals surface area contributed by atoms with Gasteiger partial charge in [0.2, 0.25) is 16.8 Å². The van der Waals surface area contributed by atoms with Gasteiger partial charge in [0.25, 0.3) is 0 Å². The van der Waals surface area contributed by atoms with E-state index in [0.29, 0.717) is 31.1 Å². The number of hydrogen-bond donors (Lipinski definition) is 0. The van der Waals surface area contributed by atoms with Crippen molar-refractivity contribution in [3.05, 3.63) is 48.5 Å². The number of sulfonamides is 1. The molecule has 0 bridgehead atoms. The van der Waals surface area contributed by atoms with Crippen LogP contribution in [-0.4, -0.2) is 45.7 Å². The maximum atomic E-state index is 12.7. The molecular formula is C17H18N2O4S. The minimum Gasteiger partial charge on any atom is -0.454 e. The molecule has 4 rings (SSSR count). The van der Waals surface area contributed by atoms with E-state index in [2.05, 4.69) is 4.90 Å². The van der Waals surface area contributed by atoms with E-state index in [1.54, 1.807) is 28.6 Å². The summed E-state index contributed by atoms with van der Waals surface area (Å²) in [5, 5.41) is 0. The van der Waals surface area contributed by atoms with Crippen molar-refractivity contribution in [2.75, 3.05) is 37.9 Å². The Kier molecular flexibility index (Phi) is 3.82. The van der Waals surface area contributed by atoms with Gasteiger partial charge in [0.1, 0.15) is 0 Å². The van der Waals surface area contributed by atoms with Crippen LogP contribution in [0.15, 0.2) is 53.4 Å². The molecule has 2 heterocycles. The third-order valence-electron chi connectivity index (χ3n) is 4.34. The van der Waals surface area contributed by atoms with E-state index in [-0.39, 0.29) is 6.79 Å². The summed E-state index contributed by atoms with van der Waals surface area (Å²) < 4.78 is 37.6. The maximum Gasteiger partial charge on any atom is 0.243 e. The summed E-state index contributed by atoms with van der Waals surface area (Å²) in [5.41, 5.74) is 1.02. The summed E-state index contributed by atoms with van der Waals surface area (Å²) in [6, 6.07) is 14.4. The molecule has 2 aliphatic heterocycles. The van der Waals surface area contributed by atoms with Crippen molar-refractivity contribution in [3.8, 4) is 11.5 Å². The summed E-state index contributed by atoms with van der Waals surface area (Å²) in [5.74, 6) is 1.50. The van der Waals surface area contributed by atoms with Gasteiger partial charge in [0.05, 0.1) is 4.90 Å². The third kappa shape index (κ3) is 2.70. The summed E-state index contributed by atoms with van der Waals surface area (Å²) in [4.78, 5) is 2.51. The summed E-state index contributed by atoms with van der Waals surface area (Å²) >= 11 is 0. The average molecular weight is 346 g/mol. The maximum absolute atomic E-state index is 12.7. The standard InChI is InChI=1S/C17H18N2O4S/c20-24(21,15-4-2-1-3-5-15)19-10-8-18(9-11-19)14-6-7-16-17(12-14)23-13-22-16/h1-7,12H,8-11,13H2. The fourth-order valence-corrected chi connectivity index (χ4v) is 4.45. The number of piperazine rings is 1. The molecular weight excluding hydrogens is 328 g/mol. The van der Waals surface area contributed by atoms with Gasteiger partial charge in [0.15, 0.2) is 11.5 Å². The molecule has 0 radical (unpaired) electrons. The van der Waals surface area contributed by atoms with Gasteiger partial charge >= 0.3 is 0 Å². The van der Waals surface area contributed by atoms with Crippen molar-refractivity contribution in [2.24, 2.45) is 0 Å². The number of fused-ring (bicyclic) bond motifs is 1. The lowest BCUT2D eigenvalue weighted by molar-refractivity contribution is 0.174. The zero-order chi connectivity index (χ0) is 16.6. The van der Waals surface area contributed by atoms with E-state index in [1.165, 1.54) is 0 Å². The van der Waals surface area contributed by atoms with Crippen molar-refractivity contribution in [3.63, 3.8) is 0 Å². The lowest BCUT2D eigenvalue weighted by Gasteiger charge is -2.35. The first-order valence-electron chi connectivity index (χ1n) is 7.84. The van der Waals surface area contributed by atoms with Crippen LogP contribution in [-0.2, 0) is 10.0 Å². The van der Waals surface area contributed by atoms with Crippen LogP contribution in [0.25, 0.3) is 0 Å². The summed E-state index contributed by atoms with van der Waals surface area (Å²) in [6.07, 6.45) is 0. The highest BCUT2D eigenvalue weighted by atomic mass is 32.2. The van der Waals surface area contributed by atoms with Gasteiger partial charge in [0, 0.05) is 37.9 Å². The summed E-state index contributed by atoms with van der Waals surface area (Å²) in [7, 11) is -3.42. The number of nitrogens with zero attached hydrogens (tertiary/aromatic N) is 2. The second-order valence-electron chi connectivity index (χ2n) is 5.74. The van der Waals surface area contributed by atoms with E-state index in [0.717, 1.165) is 17.2 Å². The molecule has 0 aliphatic carbocycles. The van der Waals surface area contributed by atoms with E-state index in [9.17, 15) is 8.42 Å². The van der Waals surface area contributed by atoms with Crippen molar-refractivity contribution in [1.82, 2.24) is 4.31 Å². The predicted molar refractivity (Wildman–Crippen MR) is 90.0 cm³/mol. The molecule has 0 N–H and O–H groups in total. The first-order valence-corrected chi connectivity index (χ1v) is 9.28. The van der Waals surface area contributed by atoms with E-state index in [4.69, 9.17) is 9.47 Å². The number of hydrogen-bond acceptors (Lipinski definition) is 5. The minimum atomic E-state index is -3.42. The average Bonchev–Trinajstić information content (AvgIpc) is 3.10. The van der Waals surface area contributed by atoms with E-state index < -0.39 is 10.0 Å². The highest BCUT2D eigenvalue weighted by Gasteiger charge is 2.28. The molecule has 2 aromatic rings. The Morgan fingerprint density at radius 3 is 2.29 bits per heavy atom. The zero-order valence-electron chi connectivity index (χ0n) is 13.1. The Balaban J connectivity index is 1.47. The molecule has 0 atom stereocenters. The largest absolute Gasteiger partial charge is 0.454 e. The highest BCUT2D eigenvalue weighted by Crippen LogP contribution is 2.35. The number of rotatable bonds is 3. The van der Waals surface area contributed by atoms with Crippen LogP contribution in [0.5, 0.6) is 11.5 Å². The van der Waals surface area contributed by atoms with Crippen molar-refractivity contribution >= 4 is 15.7 Å². The number of ether oxygens (including phenoxy) is 2. The van der Waals surface area contributed by atoms with Gasteiger partial charge in [-0.25, -0.2) is 8.42 Å². The molecule has 0 amide bonds. The highest BCUT2D eigenvalue weighted by molar-refractivity contribution is 7.89. The molecule has 0 unspecified atom stereocenters. The molecule has 1 saturated heterocycles. The smallest absolute Gasteiger partial charge is 0.243 e. The van der Waals surface area contributed by atoms with Crippen molar-refractivity contribution < 1.29 is 17.9 Å². The normalized spacial score (nSPS) is 17.9. The molecule has 0 saturated carbocycles. The minimum absolute atomic E-state index is 0.252. The van der Waals surface area contributed by atoms with E-state index >= 15 is 0 Å². The lowest BCUT2D eigenvalue weighted by Crippen LogP contribution is -2.48. The first kappa shape index (κ1) is 15.3. The quantitative estimate of drug-likeness (QED) is 0.850. The van der Waals surface area contributed by atoms with Crippen LogP contribution < -0.4 is 14.4 Å². The Bertz CT molecular complexity index is 831. The van der Waals surface area contributed by atoms with Crippen LogP contribution in [0, 0.1) is 0 Å². The van der Waals surface area contributed by atoms with Crippen molar-refractivity contribution in [1.29, 1.82) is 0 Å². The molecule has 0 spiro atoms. The molecule has 6 nitrogen and oxygen atoms in total. The van der Waals surface area contributed by atoms with Gasteiger partial charge in [-0.3, -0.25) is 0 Å². The van der Waals surface area contributed by atoms with Crippen LogP contribution in [0.1, 0.15) is 0 Å². The molecule has 2 aliphatic rings. The van der Waals surface area contributed by atoms with Gasteiger partial charge < -0.3 is 14.4 Å². The number of anilines is 1. The third-order valence-corrected chi connectivity index (χ3v) is 6.25. The second kappa shape index (κ2) is 5.99. The Morgan fingerprint density at radius 2 is 1.54 bits per heavy atom. The molecule has 1 fully saturated rings. The monoisotopic (exact) mass is 346 g/mol. The first-order chi connectivity index (χ1) is 11.6. The zero-order valence-corrected chi connectivity index (χ0v) is 13.9. The van der Waals surface area contributed by atoms with Gasteiger partial charge in [-0.2, -0.15) is 4.31 Å². The van der Waals surface area contributed by atoms with E-state index in [1.807, 2.05) is 24.3 Å². The molecule has 0 aromatic heterocycles. The molecule has 24 heavy (non-hydrogen) atoms. The fourth-order valence-electron chi connectivity index (χ4n) is 3.01. The predicted octanol–water partition coefficient (Wildman–Crippen LogP) is 1.93. The van der Waals surface area contributed by atoms with Crippen LogP contribution in [0.2, 0.25) is 0 Å². The lowest BCUT2D eigenvalue weighted by atomic mass is 10.2. The Hall–Kier alpha value is -2.25. The Morgan fingerprint density at radius 1 is 0.833 bits per heavy atom. The molecule has 7 heteroatoms. The topological polar surface area (TPSA) is 59.1 Å². The van der Waals surface area contributed by atoms with Crippen LogP contribution >= 0.6 is 0 Å². The molecule has 2 aromatic carbocycles. The summed E-state index contributed by atoms with van der Waals surface area (Å²) in [6.45, 7) is 2.47. The van der Waals surface area contributed by atoms with Crippen molar-refractivity contribution in [2.45, 2.75) is 4.90 Å². The van der Waals surface area contributed by atoms with Gasteiger partial charge in [-0.15, -0.1) is 0 Å². The number of benzene rings is 2. The van der Waals surface area contributed by atoms with Crippen LogP contribution in [0.3, 0.4) is 0 Å².